The normalized spacial score (nSPS) is 10.8. The molecule has 0 aliphatic heterocycles. The second-order valence-electron chi connectivity index (χ2n) is 6.06. The Morgan fingerprint density at radius 2 is 1.80 bits per heavy atom. The number of pyridine rings is 1. The number of rotatable bonds is 5. The summed E-state index contributed by atoms with van der Waals surface area (Å²) in [4.78, 5) is 4.49. The quantitative estimate of drug-likeness (QED) is 0.690. The topological polar surface area (TPSA) is 43.4 Å². The van der Waals surface area contributed by atoms with Gasteiger partial charge >= 0.3 is 0 Å². The number of benzene rings is 2. The van der Waals surface area contributed by atoms with E-state index in [0.717, 1.165) is 51.4 Å². The summed E-state index contributed by atoms with van der Waals surface area (Å²) in [5.74, 6) is 2.50. The molecule has 0 amide bonds. The molecule has 4 heteroatoms. The van der Waals surface area contributed by atoms with E-state index in [1.807, 2.05) is 31.3 Å². The largest absolute Gasteiger partial charge is 0.496 e. The second kappa shape index (κ2) is 7.01. The van der Waals surface area contributed by atoms with Crippen molar-refractivity contribution in [2.45, 2.75) is 27.2 Å². The summed E-state index contributed by atoms with van der Waals surface area (Å²) in [6.07, 6.45) is 2.68. The van der Waals surface area contributed by atoms with Gasteiger partial charge in [-0.2, -0.15) is 0 Å². The van der Waals surface area contributed by atoms with Crippen LogP contribution in [0.5, 0.6) is 17.2 Å². The number of ether oxygens (including phenoxy) is 2. The zero-order valence-corrected chi connectivity index (χ0v) is 15.4. The molecule has 1 N–H and O–H groups in total. The van der Waals surface area contributed by atoms with Crippen LogP contribution in [0.15, 0.2) is 36.5 Å². The fourth-order valence-corrected chi connectivity index (χ4v) is 3.04. The SMILES string of the molecule is CCc1cc2nccc(Oc3ccc(NC)c(C)c3C)c2cc1OC. The van der Waals surface area contributed by atoms with E-state index in [1.165, 1.54) is 5.56 Å². The van der Waals surface area contributed by atoms with Crippen LogP contribution in [-0.4, -0.2) is 19.1 Å². The molecule has 0 aliphatic carbocycles. The number of anilines is 1. The van der Waals surface area contributed by atoms with Crippen molar-refractivity contribution in [2.75, 3.05) is 19.5 Å². The van der Waals surface area contributed by atoms with Crippen LogP contribution in [0.3, 0.4) is 0 Å². The summed E-state index contributed by atoms with van der Waals surface area (Å²) in [5.41, 5.74) is 5.47. The van der Waals surface area contributed by atoms with Crippen LogP contribution < -0.4 is 14.8 Å². The van der Waals surface area contributed by atoms with Crippen LogP contribution in [0.25, 0.3) is 10.9 Å². The number of hydrogen-bond acceptors (Lipinski definition) is 4. The molecule has 25 heavy (non-hydrogen) atoms. The van der Waals surface area contributed by atoms with Gasteiger partial charge < -0.3 is 14.8 Å². The minimum atomic E-state index is 0.783. The maximum absolute atomic E-state index is 6.25. The van der Waals surface area contributed by atoms with Gasteiger partial charge in [-0.15, -0.1) is 0 Å². The first kappa shape index (κ1) is 17.1. The van der Waals surface area contributed by atoms with Crippen LogP contribution >= 0.6 is 0 Å². The third kappa shape index (κ3) is 3.12. The van der Waals surface area contributed by atoms with Crippen molar-refractivity contribution in [1.82, 2.24) is 4.98 Å². The lowest BCUT2D eigenvalue weighted by Crippen LogP contribution is -1.97. The van der Waals surface area contributed by atoms with Crippen molar-refractivity contribution < 1.29 is 9.47 Å². The molecule has 0 atom stereocenters. The summed E-state index contributed by atoms with van der Waals surface area (Å²) < 4.78 is 11.8. The van der Waals surface area contributed by atoms with Crippen molar-refractivity contribution >= 4 is 16.6 Å². The first-order valence-corrected chi connectivity index (χ1v) is 8.50. The van der Waals surface area contributed by atoms with Crippen LogP contribution in [0.1, 0.15) is 23.6 Å². The maximum atomic E-state index is 6.25. The first-order chi connectivity index (χ1) is 12.1. The molecular formula is C21H24N2O2. The van der Waals surface area contributed by atoms with Crippen LogP contribution in [0.4, 0.5) is 5.69 Å². The zero-order chi connectivity index (χ0) is 18.0. The van der Waals surface area contributed by atoms with Crippen LogP contribution in [-0.2, 0) is 6.42 Å². The fraction of sp³-hybridized carbons (Fsp3) is 0.286. The average Bonchev–Trinajstić information content (AvgIpc) is 2.64. The summed E-state index contributed by atoms with van der Waals surface area (Å²) >= 11 is 0. The monoisotopic (exact) mass is 336 g/mol. The summed E-state index contributed by atoms with van der Waals surface area (Å²) in [6.45, 7) is 6.28. The van der Waals surface area contributed by atoms with Gasteiger partial charge in [0.05, 0.1) is 12.6 Å². The van der Waals surface area contributed by atoms with Gasteiger partial charge in [0.15, 0.2) is 0 Å². The van der Waals surface area contributed by atoms with E-state index in [9.17, 15) is 0 Å². The number of aryl methyl sites for hydroxylation is 1. The Morgan fingerprint density at radius 3 is 2.48 bits per heavy atom. The molecule has 0 aliphatic rings. The Morgan fingerprint density at radius 1 is 1.00 bits per heavy atom. The molecule has 0 unspecified atom stereocenters. The Balaban J connectivity index is 2.09. The molecular weight excluding hydrogens is 312 g/mol. The van der Waals surface area contributed by atoms with E-state index in [4.69, 9.17) is 9.47 Å². The van der Waals surface area contributed by atoms with Gasteiger partial charge in [-0.05, 0) is 67.3 Å². The average molecular weight is 336 g/mol. The number of methoxy groups -OCH3 is 1. The summed E-state index contributed by atoms with van der Waals surface area (Å²) in [7, 11) is 3.62. The fourth-order valence-electron chi connectivity index (χ4n) is 3.04. The van der Waals surface area contributed by atoms with Crippen molar-refractivity contribution in [3.05, 3.63) is 53.2 Å². The molecule has 130 valence electrons. The van der Waals surface area contributed by atoms with E-state index in [0.29, 0.717) is 0 Å². The molecule has 1 heterocycles. The first-order valence-electron chi connectivity index (χ1n) is 8.50. The highest BCUT2D eigenvalue weighted by molar-refractivity contribution is 5.87. The lowest BCUT2D eigenvalue weighted by atomic mass is 10.1. The van der Waals surface area contributed by atoms with E-state index < -0.39 is 0 Å². The van der Waals surface area contributed by atoms with E-state index >= 15 is 0 Å². The molecule has 0 spiro atoms. The molecule has 0 saturated heterocycles. The Kier molecular flexibility index (Phi) is 4.79. The van der Waals surface area contributed by atoms with Crippen molar-refractivity contribution in [3.63, 3.8) is 0 Å². The van der Waals surface area contributed by atoms with Gasteiger partial charge in [0.1, 0.15) is 17.2 Å². The highest BCUT2D eigenvalue weighted by atomic mass is 16.5. The molecule has 0 bridgehead atoms. The van der Waals surface area contributed by atoms with Crippen molar-refractivity contribution in [1.29, 1.82) is 0 Å². The molecule has 1 aromatic heterocycles. The zero-order valence-electron chi connectivity index (χ0n) is 15.4. The van der Waals surface area contributed by atoms with Gasteiger partial charge in [0.2, 0.25) is 0 Å². The Hall–Kier alpha value is -2.75. The predicted octanol–water partition coefficient (Wildman–Crippen LogP) is 5.26. The van der Waals surface area contributed by atoms with Gasteiger partial charge in [-0.25, -0.2) is 0 Å². The van der Waals surface area contributed by atoms with Gasteiger partial charge in [0, 0.05) is 24.3 Å². The van der Waals surface area contributed by atoms with Gasteiger partial charge in [-0.1, -0.05) is 6.92 Å². The minimum Gasteiger partial charge on any atom is -0.496 e. The third-order valence-electron chi connectivity index (χ3n) is 4.71. The third-order valence-corrected chi connectivity index (χ3v) is 4.71. The summed E-state index contributed by atoms with van der Waals surface area (Å²) in [5, 5.41) is 4.15. The highest BCUT2D eigenvalue weighted by Gasteiger charge is 2.12. The number of fused-ring (bicyclic) bond motifs is 1. The lowest BCUT2D eigenvalue weighted by molar-refractivity contribution is 0.410. The molecule has 4 nitrogen and oxygen atoms in total. The molecule has 0 radical (unpaired) electrons. The maximum Gasteiger partial charge on any atom is 0.138 e. The van der Waals surface area contributed by atoms with Crippen molar-refractivity contribution in [3.8, 4) is 17.2 Å². The highest BCUT2D eigenvalue weighted by Crippen LogP contribution is 2.36. The second-order valence-corrected chi connectivity index (χ2v) is 6.06. The van der Waals surface area contributed by atoms with E-state index in [2.05, 4.69) is 37.1 Å². The molecule has 3 rings (SSSR count). The van der Waals surface area contributed by atoms with Crippen LogP contribution in [0, 0.1) is 13.8 Å². The smallest absolute Gasteiger partial charge is 0.138 e. The van der Waals surface area contributed by atoms with Crippen LogP contribution in [0.2, 0.25) is 0 Å². The molecule has 0 fully saturated rings. The Bertz CT molecular complexity index is 919. The molecule has 2 aromatic carbocycles. The predicted molar refractivity (Wildman–Crippen MR) is 103 cm³/mol. The number of hydrogen-bond donors (Lipinski definition) is 1. The number of aromatic nitrogens is 1. The standard InChI is InChI=1S/C21H24N2O2/c1-6-15-11-18-16(12-21(15)24-5)20(9-10-23-18)25-19-8-7-17(22-4)13(2)14(19)3/h7-12,22H,6H2,1-5H3. The van der Waals surface area contributed by atoms with Crippen molar-refractivity contribution in [2.24, 2.45) is 0 Å². The Labute approximate surface area is 148 Å². The number of nitrogens with zero attached hydrogens (tertiary/aromatic N) is 1. The molecule has 3 aromatic rings. The lowest BCUT2D eigenvalue weighted by Gasteiger charge is -2.16. The number of nitrogens with one attached hydrogen (secondary N) is 1. The molecule has 0 saturated carbocycles. The van der Waals surface area contributed by atoms with E-state index in [-0.39, 0.29) is 0 Å². The minimum absolute atomic E-state index is 0.783. The van der Waals surface area contributed by atoms with Gasteiger partial charge in [-0.3, -0.25) is 4.98 Å². The summed E-state index contributed by atoms with van der Waals surface area (Å²) in [6, 6.07) is 10.0. The van der Waals surface area contributed by atoms with Gasteiger partial charge in [0.25, 0.3) is 0 Å². The van der Waals surface area contributed by atoms with E-state index in [1.54, 1.807) is 13.3 Å².